The third-order valence-electron chi connectivity index (χ3n) is 2.09. The first-order valence-electron chi connectivity index (χ1n) is 3.49. The molecule has 1 atom stereocenters. The maximum atomic E-state index is 5.23. The molecule has 54 valence electrons. The molecule has 1 heterocycles. The Kier molecular flexibility index (Phi) is 1.78. The van der Waals surface area contributed by atoms with E-state index in [0.717, 1.165) is 4.48 Å². The van der Waals surface area contributed by atoms with Crippen LogP contribution in [0.3, 0.4) is 0 Å². The summed E-state index contributed by atoms with van der Waals surface area (Å²) >= 11 is 0. The summed E-state index contributed by atoms with van der Waals surface area (Å²) in [5, 5.41) is 0. The highest BCUT2D eigenvalue weighted by Gasteiger charge is 2.30. The maximum Gasteiger partial charge on any atom is 0.111 e. The van der Waals surface area contributed by atoms with Gasteiger partial charge >= 0.3 is 0 Å². The van der Waals surface area contributed by atoms with Crippen molar-refractivity contribution in [2.45, 2.75) is 12.5 Å². The molecule has 1 saturated heterocycles. The lowest BCUT2D eigenvalue weighted by molar-refractivity contribution is -0.879. The number of nitrogens with zero attached hydrogens (tertiary/aromatic N) is 1. The van der Waals surface area contributed by atoms with E-state index in [1.54, 1.807) is 7.11 Å². The van der Waals surface area contributed by atoms with Crippen LogP contribution in [0.4, 0.5) is 0 Å². The van der Waals surface area contributed by atoms with Gasteiger partial charge in [0, 0.05) is 13.5 Å². The first kappa shape index (κ1) is 7.03. The first-order chi connectivity index (χ1) is 4.14. The van der Waals surface area contributed by atoms with E-state index in [2.05, 4.69) is 14.1 Å². The molecule has 0 aromatic heterocycles. The molecular formula is C7H16NO+. The Bertz CT molecular complexity index is 101. The minimum Gasteiger partial charge on any atom is -0.375 e. The van der Waals surface area contributed by atoms with Crippen molar-refractivity contribution in [1.29, 1.82) is 0 Å². The van der Waals surface area contributed by atoms with Crippen molar-refractivity contribution in [3.63, 3.8) is 0 Å². The SMILES string of the molecule is COC1CC[N+](C)(C)C1. The van der Waals surface area contributed by atoms with Gasteiger partial charge in [-0.15, -0.1) is 0 Å². The molecule has 0 bridgehead atoms. The zero-order valence-corrected chi connectivity index (χ0v) is 6.55. The fourth-order valence-corrected chi connectivity index (χ4v) is 1.42. The Morgan fingerprint density at radius 3 is 2.33 bits per heavy atom. The van der Waals surface area contributed by atoms with Crippen LogP contribution in [-0.2, 0) is 4.74 Å². The number of likely N-dealkylation sites (tertiary alicyclic amines) is 1. The van der Waals surface area contributed by atoms with Crippen LogP contribution in [0, 0.1) is 0 Å². The summed E-state index contributed by atoms with van der Waals surface area (Å²) in [6.45, 7) is 2.44. The predicted octanol–water partition coefficient (Wildman–Crippen LogP) is 0.482. The molecule has 0 aliphatic carbocycles. The van der Waals surface area contributed by atoms with Crippen LogP contribution in [0.15, 0.2) is 0 Å². The summed E-state index contributed by atoms with van der Waals surface area (Å²) in [6, 6.07) is 0. The number of hydrogen-bond acceptors (Lipinski definition) is 1. The molecule has 2 nitrogen and oxygen atoms in total. The monoisotopic (exact) mass is 130 g/mol. The summed E-state index contributed by atoms with van der Waals surface area (Å²) in [7, 11) is 6.30. The number of ether oxygens (including phenoxy) is 1. The lowest BCUT2D eigenvalue weighted by Gasteiger charge is -2.22. The zero-order chi connectivity index (χ0) is 6.91. The second-order valence-electron chi connectivity index (χ2n) is 3.49. The fraction of sp³-hybridized carbons (Fsp3) is 1.00. The second kappa shape index (κ2) is 2.27. The van der Waals surface area contributed by atoms with Crippen molar-refractivity contribution >= 4 is 0 Å². The minimum atomic E-state index is 0.514. The van der Waals surface area contributed by atoms with Gasteiger partial charge in [-0.2, -0.15) is 0 Å². The summed E-state index contributed by atoms with van der Waals surface area (Å²) in [5.74, 6) is 0. The summed E-state index contributed by atoms with van der Waals surface area (Å²) < 4.78 is 6.35. The van der Waals surface area contributed by atoms with Gasteiger partial charge in [-0.25, -0.2) is 0 Å². The Morgan fingerprint density at radius 2 is 2.11 bits per heavy atom. The molecule has 1 aliphatic rings. The highest BCUT2D eigenvalue weighted by molar-refractivity contribution is 4.62. The molecule has 2 heteroatoms. The van der Waals surface area contributed by atoms with Gasteiger partial charge < -0.3 is 9.22 Å². The average molecular weight is 130 g/mol. The third kappa shape index (κ3) is 1.66. The molecule has 0 aromatic rings. The highest BCUT2D eigenvalue weighted by atomic mass is 16.5. The molecule has 9 heavy (non-hydrogen) atoms. The van der Waals surface area contributed by atoms with Crippen LogP contribution in [0.1, 0.15) is 6.42 Å². The molecule has 1 aliphatic heterocycles. The van der Waals surface area contributed by atoms with Crippen molar-refractivity contribution in [2.24, 2.45) is 0 Å². The molecule has 0 aromatic carbocycles. The van der Waals surface area contributed by atoms with Crippen LogP contribution in [-0.4, -0.2) is 44.9 Å². The van der Waals surface area contributed by atoms with Crippen molar-refractivity contribution in [1.82, 2.24) is 0 Å². The van der Waals surface area contributed by atoms with E-state index in [0.29, 0.717) is 6.10 Å². The molecular weight excluding hydrogens is 114 g/mol. The number of hydrogen-bond donors (Lipinski definition) is 0. The van der Waals surface area contributed by atoms with Gasteiger partial charge in [-0.05, 0) is 0 Å². The zero-order valence-electron chi connectivity index (χ0n) is 6.55. The fourth-order valence-electron chi connectivity index (χ4n) is 1.42. The minimum absolute atomic E-state index is 0.514. The second-order valence-corrected chi connectivity index (χ2v) is 3.49. The van der Waals surface area contributed by atoms with Gasteiger partial charge in [0.25, 0.3) is 0 Å². The van der Waals surface area contributed by atoms with Crippen LogP contribution in [0.2, 0.25) is 0 Å². The third-order valence-corrected chi connectivity index (χ3v) is 2.09. The number of rotatable bonds is 1. The lowest BCUT2D eigenvalue weighted by atomic mass is 10.3. The topological polar surface area (TPSA) is 9.23 Å². The van der Waals surface area contributed by atoms with E-state index in [-0.39, 0.29) is 0 Å². The van der Waals surface area contributed by atoms with Gasteiger partial charge in [0.2, 0.25) is 0 Å². The Hall–Kier alpha value is -0.0800. The predicted molar refractivity (Wildman–Crippen MR) is 37.3 cm³/mol. The molecule has 1 unspecified atom stereocenters. The number of methoxy groups -OCH3 is 1. The summed E-state index contributed by atoms with van der Waals surface area (Å²) in [4.78, 5) is 0. The summed E-state index contributed by atoms with van der Waals surface area (Å²) in [5.41, 5.74) is 0. The smallest absolute Gasteiger partial charge is 0.111 e. The quantitative estimate of drug-likeness (QED) is 0.469. The van der Waals surface area contributed by atoms with Crippen molar-refractivity contribution < 1.29 is 9.22 Å². The number of quaternary nitrogens is 1. The van der Waals surface area contributed by atoms with E-state index in [1.807, 2.05) is 0 Å². The highest BCUT2D eigenvalue weighted by Crippen LogP contribution is 2.15. The molecule has 0 radical (unpaired) electrons. The lowest BCUT2D eigenvalue weighted by Crippen LogP contribution is -2.37. The molecule has 1 fully saturated rings. The Morgan fingerprint density at radius 1 is 1.44 bits per heavy atom. The Balaban J connectivity index is 2.38. The molecule has 1 rings (SSSR count). The van der Waals surface area contributed by atoms with Crippen LogP contribution < -0.4 is 0 Å². The first-order valence-corrected chi connectivity index (χ1v) is 3.49. The maximum absolute atomic E-state index is 5.23. The van der Waals surface area contributed by atoms with Crippen molar-refractivity contribution in [2.75, 3.05) is 34.3 Å². The van der Waals surface area contributed by atoms with Gasteiger partial charge in [0.1, 0.15) is 12.6 Å². The van der Waals surface area contributed by atoms with Crippen molar-refractivity contribution in [3.8, 4) is 0 Å². The van der Waals surface area contributed by atoms with Crippen LogP contribution in [0.5, 0.6) is 0 Å². The molecule has 0 spiro atoms. The number of likely N-dealkylation sites (N-methyl/N-ethyl adjacent to an activating group) is 1. The standard InChI is InChI=1S/C7H16NO/c1-8(2)5-4-7(6-8)9-3/h7H,4-6H2,1-3H3/q+1. The van der Waals surface area contributed by atoms with Gasteiger partial charge in [-0.3, -0.25) is 0 Å². The van der Waals surface area contributed by atoms with Gasteiger partial charge in [-0.1, -0.05) is 0 Å². The van der Waals surface area contributed by atoms with E-state index in [1.165, 1.54) is 19.5 Å². The molecule has 0 N–H and O–H groups in total. The molecule has 0 amide bonds. The largest absolute Gasteiger partial charge is 0.375 e. The van der Waals surface area contributed by atoms with Crippen molar-refractivity contribution in [3.05, 3.63) is 0 Å². The normalized spacial score (nSPS) is 33.0. The van der Waals surface area contributed by atoms with Crippen LogP contribution in [0.25, 0.3) is 0 Å². The van der Waals surface area contributed by atoms with E-state index in [4.69, 9.17) is 4.74 Å². The average Bonchev–Trinajstić information content (AvgIpc) is 2.10. The molecule has 0 saturated carbocycles. The van der Waals surface area contributed by atoms with Gasteiger partial charge in [0.05, 0.1) is 20.6 Å². The van der Waals surface area contributed by atoms with E-state index < -0.39 is 0 Å². The van der Waals surface area contributed by atoms with Crippen LogP contribution >= 0.6 is 0 Å². The van der Waals surface area contributed by atoms with Gasteiger partial charge in [0.15, 0.2) is 0 Å². The van der Waals surface area contributed by atoms with E-state index >= 15 is 0 Å². The van der Waals surface area contributed by atoms with E-state index in [9.17, 15) is 0 Å². The summed E-state index contributed by atoms with van der Waals surface area (Å²) in [6.07, 6.45) is 1.74. The Labute approximate surface area is 57.0 Å².